The number of aliphatic hydroxyl groups is 1. The Kier molecular flexibility index (Phi) is 4.19. The van der Waals surface area contributed by atoms with Crippen molar-refractivity contribution in [2.75, 3.05) is 20.7 Å². The van der Waals surface area contributed by atoms with Gasteiger partial charge in [0.1, 0.15) is 0 Å². The predicted molar refractivity (Wildman–Crippen MR) is 81.9 cm³/mol. The zero-order valence-electron chi connectivity index (χ0n) is 13.3. The number of rotatable bonds is 4. The van der Waals surface area contributed by atoms with Crippen molar-refractivity contribution >= 4 is 0 Å². The molecule has 0 bridgehead atoms. The van der Waals surface area contributed by atoms with E-state index in [1.807, 2.05) is 19.2 Å². The Morgan fingerprint density at radius 3 is 2.78 bits per heavy atom. The van der Waals surface area contributed by atoms with Crippen LogP contribution < -0.4 is 9.47 Å². The van der Waals surface area contributed by atoms with Gasteiger partial charge in [-0.15, -0.1) is 0 Å². The molecule has 1 aromatic carbocycles. The molecule has 1 aliphatic heterocycles. The minimum Gasteiger partial charge on any atom is -0.493 e. The highest BCUT2D eigenvalue weighted by atomic mass is 19.3. The van der Waals surface area contributed by atoms with Gasteiger partial charge in [-0.1, -0.05) is 6.07 Å². The van der Waals surface area contributed by atoms with Crippen LogP contribution in [0.2, 0.25) is 0 Å². The van der Waals surface area contributed by atoms with Gasteiger partial charge in [-0.3, -0.25) is 0 Å². The molecule has 1 aliphatic carbocycles. The summed E-state index contributed by atoms with van der Waals surface area (Å²) in [7, 11) is 3.42. The average molecular weight is 325 g/mol. The number of nitrogens with zero attached hydrogens (tertiary/aromatic N) is 1. The monoisotopic (exact) mass is 325 g/mol. The van der Waals surface area contributed by atoms with E-state index in [9.17, 15) is 13.9 Å². The summed E-state index contributed by atoms with van der Waals surface area (Å²) in [4.78, 5) is 2.13. The predicted octanol–water partition coefficient (Wildman–Crippen LogP) is 2.91. The third-order valence-electron chi connectivity index (χ3n) is 4.92. The molecule has 1 fully saturated rings. The van der Waals surface area contributed by atoms with Crippen molar-refractivity contribution in [3.05, 3.63) is 35.5 Å². The van der Waals surface area contributed by atoms with Crippen LogP contribution in [0.25, 0.3) is 0 Å². The SMILES string of the molecule is COc1ccc([C@@]23CC[C@@H](O)C=C2N(C)CC3)cc1OC(F)F. The van der Waals surface area contributed by atoms with Crippen LogP contribution in [0.4, 0.5) is 8.78 Å². The molecule has 23 heavy (non-hydrogen) atoms. The van der Waals surface area contributed by atoms with Crippen LogP contribution in [-0.2, 0) is 5.41 Å². The van der Waals surface area contributed by atoms with Crippen LogP contribution in [0.15, 0.2) is 30.0 Å². The number of allylic oxidation sites excluding steroid dienone is 1. The molecule has 126 valence electrons. The van der Waals surface area contributed by atoms with Crippen LogP contribution in [0, 0.1) is 0 Å². The molecule has 2 aliphatic rings. The summed E-state index contributed by atoms with van der Waals surface area (Å²) in [5.41, 5.74) is 1.74. The summed E-state index contributed by atoms with van der Waals surface area (Å²) in [6.45, 7) is -2.03. The quantitative estimate of drug-likeness (QED) is 0.924. The van der Waals surface area contributed by atoms with Crippen molar-refractivity contribution in [3.63, 3.8) is 0 Å². The Balaban J connectivity index is 2.05. The highest BCUT2D eigenvalue weighted by Gasteiger charge is 2.45. The van der Waals surface area contributed by atoms with Crippen molar-refractivity contribution in [1.29, 1.82) is 0 Å². The maximum absolute atomic E-state index is 12.7. The fraction of sp³-hybridized carbons (Fsp3) is 0.529. The lowest BCUT2D eigenvalue weighted by Gasteiger charge is -2.37. The molecule has 0 saturated carbocycles. The zero-order valence-corrected chi connectivity index (χ0v) is 13.3. The third kappa shape index (κ3) is 2.76. The maximum atomic E-state index is 12.7. The van der Waals surface area contributed by atoms with Crippen LogP contribution in [0.5, 0.6) is 11.5 Å². The number of likely N-dealkylation sites (N-methyl/N-ethyl adjacent to an activating group) is 1. The molecular formula is C17H21F2NO3. The number of hydrogen-bond donors (Lipinski definition) is 1. The van der Waals surface area contributed by atoms with Crippen molar-refractivity contribution in [2.24, 2.45) is 0 Å². The number of benzene rings is 1. The first-order valence-electron chi connectivity index (χ1n) is 7.71. The van der Waals surface area contributed by atoms with Crippen molar-refractivity contribution in [3.8, 4) is 11.5 Å². The topological polar surface area (TPSA) is 41.9 Å². The van der Waals surface area contributed by atoms with Crippen LogP contribution in [-0.4, -0.2) is 43.4 Å². The fourth-order valence-electron chi connectivity index (χ4n) is 3.77. The number of hydrogen-bond acceptors (Lipinski definition) is 4. The third-order valence-corrected chi connectivity index (χ3v) is 4.92. The number of ether oxygens (including phenoxy) is 2. The van der Waals surface area contributed by atoms with E-state index >= 15 is 0 Å². The first-order valence-corrected chi connectivity index (χ1v) is 7.71. The van der Waals surface area contributed by atoms with Crippen molar-refractivity contribution < 1.29 is 23.4 Å². The summed E-state index contributed by atoms with van der Waals surface area (Å²) in [6.07, 6.45) is 3.77. The molecule has 0 radical (unpaired) electrons. The fourth-order valence-corrected chi connectivity index (χ4v) is 3.77. The summed E-state index contributed by atoms with van der Waals surface area (Å²) in [5.74, 6) is 0.340. The van der Waals surface area contributed by atoms with Gasteiger partial charge in [-0.2, -0.15) is 8.78 Å². The molecule has 1 heterocycles. The molecule has 4 nitrogen and oxygen atoms in total. The Hall–Kier alpha value is -1.82. The summed E-state index contributed by atoms with van der Waals surface area (Å²) < 4.78 is 35.1. The summed E-state index contributed by atoms with van der Waals surface area (Å²) >= 11 is 0. The molecule has 0 unspecified atom stereocenters. The van der Waals surface area contributed by atoms with Crippen molar-refractivity contribution in [2.45, 2.75) is 37.4 Å². The standard InChI is InChI=1S/C17H21F2NO3/c1-20-8-7-17(6-5-12(21)10-15(17)20)11-3-4-13(22-2)14(9-11)23-16(18)19/h3-4,9-10,12,16,21H,5-8H2,1-2H3/t12-,17+/m1/s1. The van der Waals surface area contributed by atoms with E-state index in [1.165, 1.54) is 7.11 Å². The van der Waals surface area contributed by atoms with E-state index in [2.05, 4.69) is 9.64 Å². The number of alkyl halides is 2. The van der Waals surface area contributed by atoms with E-state index in [0.29, 0.717) is 6.42 Å². The van der Waals surface area contributed by atoms with E-state index in [4.69, 9.17) is 4.74 Å². The second-order valence-electron chi connectivity index (χ2n) is 6.16. The van der Waals surface area contributed by atoms with Gasteiger partial charge in [0.2, 0.25) is 0 Å². The van der Waals surface area contributed by atoms with E-state index in [1.54, 1.807) is 12.1 Å². The zero-order chi connectivity index (χ0) is 16.6. The highest BCUT2D eigenvalue weighted by Crippen LogP contribution is 2.50. The second kappa shape index (κ2) is 6.00. The number of aliphatic hydroxyl groups excluding tert-OH is 1. The minimum atomic E-state index is -2.90. The van der Waals surface area contributed by atoms with Gasteiger partial charge in [-0.05, 0) is 43.0 Å². The lowest BCUT2D eigenvalue weighted by atomic mass is 9.70. The molecule has 1 N–H and O–H groups in total. The summed E-state index contributed by atoms with van der Waals surface area (Å²) in [6, 6.07) is 5.22. The number of fused-ring (bicyclic) bond motifs is 1. The first kappa shape index (κ1) is 16.1. The number of likely N-dealkylation sites (tertiary alicyclic amines) is 1. The van der Waals surface area contributed by atoms with Gasteiger partial charge in [0, 0.05) is 24.7 Å². The molecule has 1 saturated heterocycles. The van der Waals surface area contributed by atoms with Crippen LogP contribution >= 0.6 is 0 Å². The maximum Gasteiger partial charge on any atom is 0.387 e. The lowest BCUT2D eigenvalue weighted by molar-refractivity contribution is -0.0513. The molecule has 0 spiro atoms. The number of halogens is 2. The largest absolute Gasteiger partial charge is 0.493 e. The van der Waals surface area contributed by atoms with Crippen molar-refractivity contribution in [1.82, 2.24) is 4.90 Å². The molecule has 0 aromatic heterocycles. The Labute approximate surface area is 134 Å². The molecule has 3 rings (SSSR count). The Morgan fingerprint density at radius 1 is 1.30 bits per heavy atom. The average Bonchev–Trinajstić information content (AvgIpc) is 2.85. The molecule has 1 aromatic rings. The first-order chi connectivity index (χ1) is 11.0. The number of methoxy groups -OCH3 is 1. The van der Waals surface area contributed by atoms with E-state index in [-0.39, 0.29) is 16.9 Å². The molecule has 6 heteroatoms. The van der Waals surface area contributed by atoms with Gasteiger partial charge in [0.15, 0.2) is 11.5 Å². The smallest absolute Gasteiger partial charge is 0.387 e. The second-order valence-corrected chi connectivity index (χ2v) is 6.16. The molecule has 0 amide bonds. The van der Waals surface area contributed by atoms with E-state index in [0.717, 1.165) is 30.6 Å². The normalized spacial score (nSPS) is 27.0. The Morgan fingerprint density at radius 2 is 2.09 bits per heavy atom. The van der Waals surface area contributed by atoms with E-state index < -0.39 is 12.7 Å². The highest BCUT2D eigenvalue weighted by molar-refractivity contribution is 5.49. The minimum absolute atomic E-state index is 0.0504. The van der Waals surface area contributed by atoms with Gasteiger partial charge >= 0.3 is 6.61 Å². The molecule has 2 atom stereocenters. The Bertz CT molecular complexity index is 620. The lowest BCUT2D eigenvalue weighted by Crippen LogP contribution is -2.33. The van der Waals surface area contributed by atoms with Gasteiger partial charge in [0.25, 0.3) is 0 Å². The molecular weight excluding hydrogens is 304 g/mol. The van der Waals surface area contributed by atoms with Gasteiger partial charge in [0.05, 0.1) is 13.2 Å². The van der Waals surface area contributed by atoms with Gasteiger partial charge < -0.3 is 19.5 Å². The van der Waals surface area contributed by atoms with Gasteiger partial charge in [-0.25, -0.2) is 0 Å². The van der Waals surface area contributed by atoms with Crippen LogP contribution in [0.3, 0.4) is 0 Å². The van der Waals surface area contributed by atoms with Crippen LogP contribution in [0.1, 0.15) is 24.8 Å². The summed E-state index contributed by atoms with van der Waals surface area (Å²) in [5, 5.41) is 9.94.